The number of carbonyl (C=O) groups is 1. The van der Waals surface area contributed by atoms with Crippen molar-refractivity contribution in [3.05, 3.63) is 112 Å². The van der Waals surface area contributed by atoms with Crippen molar-refractivity contribution < 1.29 is 18.0 Å². The van der Waals surface area contributed by atoms with Crippen molar-refractivity contribution in [1.82, 2.24) is 9.80 Å². The number of anilines is 1. The number of nitrogens with one attached hydrogen (secondary N) is 1. The fourth-order valence-corrected chi connectivity index (χ4v) is 4.58. The molecule has 190 valence electrons. The highest BCUT2D eigenvalue weighted by Crippen LogP contribution is 2.36. The van der Waals surface area contributed by atoms with E-state index in [4.69, 9.17) is 11.6 Å². The van der Waals surface area contributed by atoms with Crippen LogP contribution in [0.1, 0.15) is 22.7 Å². The third-order valence-corrected chi connectivity index (χ3v) is 6.44. The fourth-order valence-electron chi connectivity index (χ4n) is 4.41. The van der Waals surface area contributed by atoms with E-state index in [1.807, 2.05) is 42.5 Å². The van der Waals surface area contributed by atoms with E-state index in [0.717, 1.165) is 29.5 Å². The first-order valence-electron chi connectivity index (χ1n) is 11.6. The van der Waals surface area contributed by atoms with Gasteiger partial charge in [-0.15, -0.1) is 0 Å². The number of benzene rings is 3. The lowest BCUT2D eigenvalue weighted by molar-refractivity contribution is -0.137. The normalized spacial score (nSPS) is 14.9. The fraction of sp³-hybridized carbons (Fsp3) is 0.214. The Morgan fingerprint density at radius 3 is 2.03 bits per heavy atom. The SMILES string of the molecule is N#C/C(=C/Nc1ccc(Cl)cc1C(F)(F)F)C(=O)N1CCN(C(c2ccccc2)c2ccccc2)CC1. The number of hydrogen-bond acceptors (Lipinski definition) is 4. The van der Waals surface area contributed by atoms with Crippen LogP contribution in [0.3, 0.4) is 0 Å². The maximum atomic E-state index is 13.4. The van der Waals surface area contributed by atoms with Crippen LogP contribution in [0.25, 0.3) is 0 Å². The molecule has 3 aromatic carbocycles. The molecule has 5 nitrogen and oxygen atoms in total. The summed E-state index contributed by atoms with van der Waals surface area (Å²) in [6.07, 6.45) is -3.63. The summed E-state index contributed by atoms with van der Waals surface area (Å²) in [6, 6.07) is 25.3. The van der Waals surface area contributed by atoms with Gasteiger partial charge in [0.1, 0.15) is 11.6 Å². The number of piperazine rings is 1. The van der Waals surface area contributed by atoms with Gasteiger partial charge in [0.05, 0.1) is 17.3 Å². The molecule has 37 heavy (non-hydrogen) atoms. The lowest BCUT2D eigenvalue weighted by Gasteiger charge is -2.39. The van der Waals surface area contributed by atoms with E-state index in [0.29, 0.717) is 26.2 Å². The molecule has 9 heteroatoms. The quantitative estimate of drug-likeness (QED) is 0.312. The summed E-state index contributed by atoms with van der Waals surface area (Å²) in [7, 11) is 0. The van der Waals surface area contributed by atoms with Gasteiger partial charge in [0, 0.05) is 37.4 Å². The van der Waals surface area contributed by atoms with Crippen LogP contribution in [0.5, 0.6) is 0 Å². The monoisotopic (exact) mass is 524 g/mol. The number of nitriles is 1. The maximum Gasteiger partial charge on any atom is 0.418 e. The molecular formula is C28H24ClF3N4O. The topological polar surface area (TPSA) is 59.4 Å². The van der Waals surface area contributed by atoms with E-state index in [-0.39, 0.29) is 22.3 Å². The van der Waals surface area contributed by atoms with Gasteiger partial charge < -0.3 is 10.2 Å². The maximum absolute atomic E-state index is 13.4. The lowest BCUT2D eigenvalue weighted by Crippen LogP contribution is -2.50. The summed E-state index contributed by atoms with van der Waals surface area (Å²) in [5.41, 5.74) is 0.718. The number of alkyl halides is 3. The van der Waals surface area contributed by atoms with Crippen molar-refractivity contribution in [2.75, 3.05) is 31.5 Å². The van der Waals surface area contributed by atoms with E-state index in [1.54, 1.807) is 4.90 Å². The van der Waals surface area contributed by atoms with Crippen molar-refractivity contribution >= 4 is 23.2 Å². The molecule has 1 N–H and O–H groups in total. The van der Waals surface area contributed by atoms with Gasteiger partial charge in [-0.05, 0) is 29.3 Å². The Kier molecular flexibility index (Phi) is 8.17. The first-order chi connectivity index (χ1) is 17.8. The predicted octanol–water partition coefficient (Wildman–Crippen LogP) is 6.11. The number of hydrogen-bond donors (Lipinski definition) is 1. The van der Waals surface area contributed by atoms with Crippen LogP contribution in [-0.4, -0.2) is 41.9 Å². The minimum Gasteiger partial charge on any atom is -0.360 e. The first-order valence-corrected chi connectivity index (χ1v) is 12.0. The number of amides is 1. The van der Waals surface area contributed by atoms with Crippen molar-refractivity contribution in [2.24, 2.45) is 0 Å². The molecule has 1 heterocycles. The van der Waals surface area contributed by atoms with E-state index in [1.165, 1.54) is 6.07 Å². The van der Waals surface area contributed by atoms with Crippen LogP contribution in [0.2, 0.25) is 5.02 Å². The van der Waals surface area contributed by atoms with Crippen molar-refractivity contribution in [3.63, 3.8) is 0 Å². The average molecular weight is 525 g/mol. The molecule has 0 aliphatic carbocycles. The Morgan fingerprint density at radius 2 is 1.51 bits per heavy atom. The van der Waals surface area contributed by atoms with E-state index in [2.05, 4.69) is 34.5 Å². The molecule has 0 spiro atoms. The first kappa shape index (κ1) is 26.3. The molecule has 0 bridgehead atoms. The zero-order valence-electron chi connectivity index (χ0n) is 19.8. The summed E-state index contributed by atoms with van der Waals surface area (Å²) in [6.45, 7) is 1.90. The zero-order chi connectivity index (χ0) is 26.4. The van der Waals surface area contributed by atoms with E-state index in [9.17, 15) is 23.2 Å². The smallest absolute Gasteiger partial charge is 0.360 e. The third-order valence-electron chi connectivity index (χ3n) is 6.21. The number of halogens is 4. The van der Waals surface area contributed by atoms with Gasteiger partial charge in [-0.1, -0.05) is 72.3 Å². The molecule has 0 atom stereocenters. The average Bonchev–Trinajstić information content (AvgIpc) is 2.91. The van der Waals surface area contributed by atoms with Crippen LogP contribution in [-0.2, 0) is 11.0 Å². The number of rotatable bonds is 6. The second-order valence-corrected chi connectivity index (χ2v) is 8.99. The minimum absolute atomic E-state index is 0.0120. The Morgan fingerprint density at radius 1 is 0.946 bits per heavy atom. The van der Waals surface area contributed by atoms with Crippen LogP contribution >= 0.6 is 11.6 Å². The highest BCUT2D eigenvalue weighted by Gasteiger charge is 2.34. The van der Waals surface area contributed by atoms with Crippen molar-refractivity contribution in [3.8, 4) is 6.07 Å². The molecule has 0 aromatic heterocycles. The summed E-state index contributed by atoms with van der Waals surface area (Å²) >= 11 is 5.72. The number of nitrogens with zero attached hydrogens (tertiary/aromatic N) is 3. The van der Waals surface area contributed by atoms with Gasteiger partial charge in [-0.25, -0.2) is 0 Å². The number of carbonyl (C=O) groups excluding carboxylic acids is 1. The molecule has 1 aliphatic heterocycles. The van der Waals surface area contributed by atoms with Gasteiger partial charge in [-0.3, -0.25) is 9.69 Å². The summed E-state index contributed by atoms with van der Waals surface area (Å²) in [5.74, 6) is -0.534. The Labute approximate surface area is 218 Å². The van der Waals surface area contributed by atoms with Gasteiger partial charge in [0.25, 0.3) is 5.91 Å². The molecule has 0 unspecified atom stereocenters. The Hall–Kier alpha value is -3.80. The molecule has 0 radical (unpaired) electrons. The van der Waals surface area contributed by atoms with Gasteiger partial charge >= 0.3 is 6.18 Å². The van der Waals surface area contributed by atoms with Crippen molar-refractivity contribution in [2.45, 2.75) is 12.2 Å². The Bertz CT molecular complexity index is 1260. The second kappa shape index (κ2) is 11.5. The molecule has 1 saturated heterocycles. The van der Waals surface area contributed by atoms with E-state index >= 15 is 0 Å². The molecular weight excluding hydrogens is 501 g/mol. The summed E-state index contributed by atoms with van der Waals surface area (Å²) in [5, 5.41) is 12.0. The molecule has 1 amide bonds. The van der Waals surface area contributed by atoms with Crippen molar-refractivity contribution in [1.29, 1.82) is 5.26 Å². The van der Waals surface area contributed by atoms with Gasteiger partial charge in [0.2, 0.25) is 0 Å². The van der Waals surface area contributed by atoms with Crippen LogP contribution in [0, 0.1) is 11.3 Å². The lowest BCUT2D eigenvalue weighted by atomic mass is 9.96. The molecule has 4 rings (SSSR count). The van der Waals surface area contributed by atoms with E-state index < -0.39 is 17.6 Å². The molecule has 3 aromatic rings. The zero-order valence-corrected chi connectivity index (χ0v) is 20.5. The third kappa shape index (κ3) is 6.31. The molecule has 0 saturated carbocycles. The van der Waals surface area contributed by atoms with Gasteiger partial charge in [0.15, 0.2) is 0 Å². The van der Waals surface area contributed by atoms with Gasteiger partial charge in [-0.2, -0.15) is 18.4 Å². The van der Waals surface area contributed by atoms with Crippen LogP contribution < -0.4 is 5.32 Å². The molecule has 1 aliphatic rings. The standard InChI is InChI=1S/C28H24ClF3N4O/c29-23-11-12-25(24(17-23)28(30,31)32)34-19-22(18-33)27(37)36-15-13-35(14-16-36)26(20-7-3-1-4-8-20)21-9-5-2-6-10-21/h1-12,17,19,26,34H,13-16H2/b22-19-. The second-order valence-electron chi connectivity index (χ2n) is 8.55. The summed E-state index contributed by atoms with van der Waals surface area (Å²) in [4.78, 5) is 16.9. The largest absolute Gasteiger partial charge is 0.418 e. The highest BCUT2D eigenvalue weighted by molar-refractivity contribution is 6.30. The molecule has 1 fully saturated rings. The minimum atomic E-state index is -4.65. The van der Waals surface area contributed by atoms with Crippen LogP contribution in [0.15, 0.2) is 90.6 Å². The van der Waals surface area contributed by atoms with Crippen LogP contribution in [0.4, 0.5) is 18.9 Å². The Balaban J connectivity index is 1.47. The summed E-state index contributed by atoms with van der Waals surface area (Å²) < 4.78 is 40.1. The predicted molar refractivity (Wildman–Crippen MR) is 137 cm³/mol. The highest BCUT2D eigenvalue weighted by atomic mass is 35.5.